The highest BCUT2D eigenvalue weighted by molar-refractivity contribution is 6.14. The van der Waals surface area contributed by atoms with Crippen LogP contribution in [0.1, 0.15) is 29.6 Å². The Morgan fingerprint density at radius 1 is 1.26 bits per heavy atom. The molecule has 1 amide bonds. The molecule has 5 nitrogen and oxygen atoms in total. The summed E-state index contributed by atoms with van der Waals surface area (Å²) in [4.78, 5) is 14.3. The van der Waals surface area contributed by atoms with E-state index in [0.29, 0.717) is 11.3 Å². The minimum Gasteiger partial charge on any atom is -0.339 e. The Hall–Kier alpha value is -2.17. The Morgan fingerprint density at radius 2 is 2.00 bits per heavy atom. The van der Waals surface area contributed by atoms with E-state index in [1.54, 1.807) is 6.07 Å². The van der Waals surface area contributed by atoms with Gasteiger partial charge in [0.15, 0.2) is 0 Å². The summed E-state index contributed by atoms with van der Waals surface area (Å²) >= 11 is 0. The molecule has 0 aromatic heterocycles. The second-order valence-electron chi connectivity index (χ2n) is 4.46. The first-order valence-corrected chi connectivity index (χ1v) is 6.49. The van der Waals surface area contributed by atoms with E-state index in [9.17, 15) is 4.79 Å². The molecule has 0 radical (unpaired) electrons. The summed E-state index contributed by atoms with van der Waals surface area (Å²) in [5.74, 6) is 0.0489. The van der Waals surface area contributed by atoms with Crippen LogP contribution in [0.5, 0.6) is 0 Å². The number of hydrazone groups is 1. The molecule has 5 heteroatoms. The molecule has 0 atom stereocenters. The second kappa shape index (κ2) is 6.68. The number of nitrogens with one attached hydrogen (secondary N) is 2. The highest BCUT2D eigenvalue weighted by atomic mass is 16.2. The zero-order valence-electron chi connectivity index (χ0n) is 10.8. The van der Waals surface area contributed by atoms with Crippen molar-refractivity contribution in [2.24, 2.45) is 5.10 Å². The Kier molecular flexibility index (Phi) is 4.66. The van der Waals surface area contributed by atoms with Crippen molar-refractivity contribution < 1.29 is 4.79 Å². The molecule has 0 bridgehead atoms. The Balaban J connectivity index is 2.15. The fourth-order valence-electron chi connectivity index (χ4n) is 2.18. The fourth-order valence-corrected chi connectivity index (χ4v) is 2.18. The minimum absolute atomic E-state index is 0.0489. The summed E-state index contributed by atoms with van der Waals surface area (Å²) in [7, 11) is 0. The van der Waals surface area contributed by atoms with E-state index in [0.717, 1.165) is 32.1 Å². The highest BCUT2D eigenvalue weighted by Gasteiger charge is 2.20. The average Bonchev–Trinajstić information content (AvgIpc) is 2.48. The average molecular weight is 258 g/mol. The predicted molar refractivity (Wildman–Crippen MR) is 77.1 cm³/mol. The van der Waals surface area contributed by atoms with Crippen LogP contribution >= 0.6 is 0 Å². The third kappa shape index (κ3) is 3.40. The van der Waals surface area contributed by atoms with E-state index in [2.05, 4.69) is 10.5 Å². The van der Waals surface area contributed by atoms with Crippen LogP contribution < -0.4 is 5.43 Å². The topological polar surface area (TPSA) is 68.5 Å². The smallest absolute Gasteiger partial charge is 0.256 e. The molecule has 1 aromatic rings. The largest absolute Gasteiger partial charge is 0.339 e. The second-order valence-corrected chi connectivity index (χ2v) is 4.46. The molecule has 1 aromatic carbocycles. The van der Waals surface area contributed by atoms with Gasteiger partial charge in [-0.2, -0.15) is 5.10 Å². The lowest BCUT2D eigenvalue weighted by Gasteiger charge is -2.27. The van der Waals surface area contributed by atoms with Crippen molar-refractivity contribution in [2.45, 2.75) is 19.3 Å². The molecule has 100 valence electrons. The van der Waals surface area contributed by atoms with E-state index < -0.39 is 0 Å². The maximum Gasteiger partial charge on any atom is 0.256 e. The van der Waals surface area contributed by atoms with Gasteiger partial charge in [0.2, 0.25) is 0 Å². The van der Waals surface area contributed by atoms with Gasteiger partial charge in [-0.25, -0.2) is 0 Å². The molecule has 1 fully saturated rings. The van der Waals surface area contributed by atoms with Crippen molar-refractivity contribution >= 4 is 24.0 Å². The molecule has 0 unspecified atom stereocenters. The molecule has 1 aliphatic rings. The first kappa shape index (κ1) is 13.3. The lowest BCUT2D eigenvalue weighted by atomic mass is 10.1. The third-order valence-corrected chi connectivity index (χ3v) is 3.13. The van der Waals surface area contributed by atoms with Gasteiger partial charge in [-0.15, -0.1) is 0 Å². The summed E-state index contributed by atoms with van der Waals surface area (Å²) in [6.45, 7) is 1.66. The van der Waals surface area contributed by atoms with Gasteiger partial charge in [0.25, 0.3) is 5.91 Å². The number of hydrogen-bond donors (Lipinski definition) is 2. The van der Waals surface area contributed by atoms with Crippen LogP contribution in [0.15, 0.2) is 29.4 Å². The maximum atomic E-state index is 12.4. The van der Waals surface area contributed by atoms with E-state index in [-0.39, 0.29) is 5.91 Å². The number of likely N-dealkylation sites (tertiary alicyclic amines) is 1. The number of anilines is 1. The van der Waals surface area contributed by atoms with Gasteiger partial charge in [0, 0.05) is 19.3 Å². The molecule has 0 spiro atoms. The van der Waals surface area contributed by atoms with Crippen molar-refractivity contribution in [3.05, 3.63) is 29.8 Å². The van der Waals surface area contributed by atoms with Crippen LogP contribution in [0.2, 0.25) is 0 Å². The van der Waals surface area contributed by atoms with Crippen molar-refractivity contribution in [2.75, 3.05) is 18.5 Å². The zero-order chi connectivity index (χ0) is 13.5. The van der Waals surface area contributed by atoms with Crippen LogP contribution in [0.3, 0.4) is 0 Å². The SMILES string of the molecule is N=C/C=N\Nc1ccccc1C(=O)N1CCCCC1. The lowest BCUT2D eigenvalue weighted by Crippen LogP contribution is -2.35. The molecule has 2 rings (SSSR count). The number of amides is 1. The van der Waals surface area contributed by atoms with Crippen molar-refractivity contribution in [3.8, 4) is 0 Å². The number of hydrogen-bond acceptors (Lipinski definition) is 4. The van der Waals surface area contributed by atoms with E-state index in [4.69, 9.17) is 5.41 Å². The summed E-state index contributed by atoms with van der Waals surface area (Å²) < 4.78 is 0. The highest BCUT2D eigenvalue weighted by Crippen LogP contribution is 2.19. The van der Waals surface area contributed by atoms with Crippen molar-refractivity contribution in [3.63, 3.8) is 0 Å². The summed E-state index contributed by atoms with van der Waals surface area (Å²) in [5.41, 5.74) is 4.11. The number of nitrogens with zero attached hydrogens (tertiary/aromatic N) is 2. The van der Waals surface area contributed by atoms with Gasteiger partial charge in [0.05, 0.1) is 17.5 Å². The van der Waals surface area contributed by atoms with Crippen LogP contribution in [-0.2, 0) is 0 Å². The molecule has 0 aliphatic carbocycles. The molecule has 1 aliphatic heterocycles. The van der Waals surface area contributed by atoms with Crippen LogP contribution in [-0.4, -0.2) is 36.3 Å². The van der Waals surface area contributed by atoms with Crippen LogP contribution in [0, 0.1) is 5.41 Å². The minimum atomic E-state index is 0.0489. The van der Waals surface area contributed by atoms with E-state index in [1.165, 1.54) is 12.6 Å². The fraction of sp³-hybridized carbons (Fsp3) is 0.357. The Morgan fingerprint density at radius 3 is 2.74 bits per heavy atom. The maximum absolute atomic E-state index is 12.4. The predicted octanol–water partition coefficient (Wildman–Crippen LogP) is 2.36. The van der Waals surface area contributed by atoms with Gasteiger partial charge < -0.3 is 10.3 Å². The number of carbonyl (C=O) groups excluding carboxylic acids is 1. The van der Waals surface area contributed by atoms with E-state index >= 15 is 0 Å². The van der Waals surface area contributed by atoms with Gasteiger partial charge in [-0.05, 0) is 31.4 Å². The first-order valence-electron chi connectivity index (χ1n) is 6.49. The third-order valence-electron chi connectivity index (χ3n) is 3.13. The number of benzene rings is 1. The number of rotatable bonds is 4. The van der Waals surface area contributed by atoms with Gasteiger partial charge >= 0.3 is 0 Å². The van der Waals surface area contributed by atoms with Crippen molar-refractivity contribution in [1.29, 1.82) is 5.41 Å². The summed E-state index contributed by atoms with van der Waals surface area (Å²) in [6, 6.07) is 7.33. The van der Waals surface area contributed by atoms with Gasteiger partial charge in [-0.1, -0.05) is 12.1 Å². The summed E-state index contributed by atoms with van der Waals surface area (Å²) in [5, 5.41) is 10.7. The number of carbonyl (C=O) groups is 1. The first-order chi connectivity index (χ1) is 9.33. The quantitative estimate of drug-likeness (QED) is 0.643. The normalized spacial score (nSPS) is 15.5. The molecular formula is C14H18N4O. The number of para-hydroxylation sites is 1. The molecule has 1 heterocycles. The Bertz CT molecular complexity index is 478. The van der Waals surface area contributed by atoms with Gasteiger partial charge in [0.1, 0.15) is 0 Å². The molecule has 2 N–H and O–H groups in total. The molecular weight excluding hydrogens is 240 g/mol. The van der Waals surface area contributed by atoms with Crippen molar-refractivity contribution in [1.82, 2.24) is 4.90 Å². The van der Waals surface area contributed by atoms with Crippen LogP contribution in [0.25, 0.3) is 0 Å². The number of piperidine rings is 1. The van der Waals surface area contributed by atoms with Gasteiger partial charge in [-0.3, -0.25) is 10.2 Å². The summed E-state index contributed by atoms with van der Waals surface area (Å²) in [6.07, 6.45) is 5.78. The standard InChI is InChI=1S/C14H18N4O/c15-8-9-16-17-13-7-3-2-6-12(13)14(19)18-10-4-1-5-11-18/h2-3,6-9,15,17H,1,4-5,10-11H2/b15-8?,16-9-. The monoisotopic (exact) mass is 258 g/mol. The van der Waals surface area contributed by atoms with Crippen LogP contribution in [0.4, 0.5) is 5.69 Å². The van der Waals surface area contributed by atoms with E-state index in [1.807, 2.05) is 23.1 Å². The Labute approximate surface area is 112 Å². The lowest BCUT2D eigenvalue weighted by molar-refractivity contribution is 0.0725. The molecule has 19 heavy (non-hydrogen) atoms. The zero-order valence-corrected chi connectivity index (χ0v) is 10.8. The molecule has 0 saturated carbocycles. The molecule has 1 saturated heterocycles.